The minimum Gasteiger partial charge on any atom is -0.462 e. The molecular weight excluding hydrogens is 312 g/mol. The molecule has 2 aromatic heterocycles. The van der Waals surface area contributed by atoms with Crippen LogP contribution in [0.5, 0.6) is 0 Å². The van der Waals surface area contributed by atoms with Gasteiger partial charge in [-0.15, -0.1) is 0 Å². The van der Waals surface area contributed by atoms with E-state index in [9.17, 15) is 4.79 Å². The highest BCUT2D eigenvalue weighted by Gasteiger charge is 2.13. The number of halogens is 1. The molecule has 0 bridgehead atoms. The summed E-state index contributed by atoms with van der Waals surface area (Å²) in [5, 5.41) is 0. The van der Waals surface area contributed by atoms with E-state index in [-0.39, 0.29) is 0 Å². The Morgan fingerprint density at radius 3 is 2.53 bits per heavy atom. The Kier molecular flexibility index (Phi) is 4.16. The fourth-order valence-corrected chi connectivity index (χ4v) is 1.65. The topological polar surface area (TPSA) is 77.9 Å². The van der Waals surface area contributed by atoms with Crippen molar-refractivity contribution in [3.05, 3.63) is 34.6 Å². The van der Waals surface area contributed by atoms with Gasteiger partial charge in [0.1, 0.15) is 0 Å². The number of carbonyl (C=O) groups excluding carboxylic acids is 1. The smallest absolute Gasteiger partial charge is 0.341 e. The van der Waals surface area contributed by atoms with Gasteiger partial charge in [-0.2, -0.15) is 0 Å². The monoisotopic (exact) mass is 322 g/mol. The second-order valence-electron chi connectivity index (χ2n) is 3.65. The lowest BCUT2D eigenvalue weighted by atomic mass is 10.2. The Morgan fingerprint density at radius 2 is 1.95 bits per heavy atom. The molecule has 0 saturated carbocycles. The highest BCUT2D eigenvalue weighted by atomic mass is 79.9. The van der Waals surface area contributed by atoms with Gasteiger partial charge in [-0.1, -0.05) is 0 Å². The van der Waals surface area contributed by atoms with Crippen molar-refractivity contribution in [1.82, 2.24) is 19.9 Å². The van der Waals surface area contributed by atoms with Gasteiger partial charge in [-0.05, 0) is 29.8 Å². The van der Waals surface area contributed by atoms with Gasteiger partial charge in [0.2, 0.25) is 0 Å². The van der Waals surface area contributed by atoms with E-state index in [4.69, 9.17) is 4.74 Å². The molecule has 0 radical (unpaired) electrons. The number of aromatic nitrogens is 4. The summed E-state index contributed by atoms with van der Waals surface area (Å²) >= 11 is 3.16. The van der Waals surface area contributed by atoms with Crippen molar-refractivity contribution in [3.8, 4) is 11.4 Å². The summed E-state index contributed by atoms with van der Waals surface area (Å²) < 4.78 is 5.42. The summed E-state index contributed by atoms with van der Waals surface area (Å²) in [7, 11) is 0. The van der Waals surface area contributed by atoms with Gasteiger partial charge < -0.3 is 4.74 Å². The molecule has 0 fully saturated rings. The van der Waals surface area contributed by atoms with E-state index in [0.29, 0.717) is 34.0 Å². The zero-order chi connectivity index (χ0) is 13.8. The molecule has 0 aliphatic rings. The van der Waals surface area contributed by atoms with Gasteiger partial charge in [0.15, 0.2) is 10.6 Å². The first-order valence-corrected chi connectivity index (χ1v) is 6.39. The van der Waals surface area contributed by atoms with Crippen molar-refractivity contribution >= 4 is 21.9 Å². The Bertz CT molecular complexity index is 601. The van der Waals surface area contributed by atoms with E-state index in [0.717, 1.165) is 0 Å². The first-order valence-electron chi connectivity index (χ1n) is 5.60. The molecule has 6 nitrogen and oxygen atoms in total. The van der Waals surface area contributed by atoms with Crippen LogP contribution in [0.3, 0.4) is 0 Å². The van der Waals surface area contributed by atoms with Crippen LogP contribution in [0.4, 0.5) is 0 Å². The first-order chi connectivity index (χ1) is 9.11. The largest absolute Gasteiger partial charge is 0.462 e. The summed E-state index contributed by atoms with van der Waals surface area (Å²) in [6, 6.07) is 0. The molecular formula is C12H11BrN4O2. The third-order valence-corrected chi connectivity index (χ3v) is 2.76. The second kappa shape index (κ2) is 5.83. The molecule has 2 aromatic rings. The van der Waals surface area contributed by atoms with Crippen molar-refractivity contribution in [2.24, 2.45) is 0 Å². The van der Waals surface area contributed by atoms with Gasteiger partial charge in [-0.25, -0.2) is 24.7 Å². The zero-order valence-corrected chi connectivity index (χ0v) is 12.0. The lowest BCUT2D eigenvalue weighted by molar-refractivity contribution is 0.0524. The van der Waals surface area contributed by atoms with Gasteiger partial charge in [0.25, 0.3) is 0 Å². The van der Waals surface area contributed by atoms with E-state index in [1.54, 1.807) is 26.2 Å². The van der Waals surface area contributed by atoms with E-state index in [2.05, 4.69) is 35.9 Å². The van der Waals surface area contributed by atoms with Gasteiger partial charge in [0.05, 0.1) is 23.4 Å². The number of ether oxygens (including phenoxy) is 1. The molecule has 7 heteroatoms. The van der Waals surface area contributed by atoms with Crippen LogP contribution >= 0.6 is 15.9 Å². The number of nitrogens with zero attached hydrogens (tertiary/aromatic N) is 4. The fourth-order valence-electron chi connectivity index (χ4n) is 1.44. The van der Waals surface area contributed by atoms with E-state index >= 15 is 0 Å². The molecule has 0 saturated heterocycles. The number of carbonyl (C=O) groups is 1. The van der Waals surface area contributed by atoms with Crippen molar-refractivity contribution in [3.63, 3.8) is 0 Å². The summed E-state index contributed by atoms with van der Waals surface area (Å²) in [5.74, 6) is 0.0525. The highest BCUT2D eigenvalue weighted by Crippen LogP contribution is 2.16. The summed E-state index contributed by atoms with van der Waals surface area (Å²) in [6.45, 7) is 3.80. The maximum Gasteiger partial charge on any atom is 0.341 e. The highest BCUT2D eigenvalue weighted by molar-refractivity contribution is 9.10. The van der Waals surface area contributed by atoms with Gasteiger partial charge in [-0.3, -0.25) is 0 Å². The molecule has 0 N–H and O–H groups in total. The third kappa shape index (κ3) is 3.11. The zero-order valence-electron chi connectivity index (χ0n) is 10.4. The number of hydrogen-bond acceptors (Lipinski definition) is 6. The molecule has 98 valence electrons. The van der Waals surface area contributed by atoms with Crippen LogP contribution in [-0.2, 0) is 4.74 Å². The van der Waals surface area contributed by atoms with Crippen LogP contribution in [0.2, 0.25) is 0 Å². The number of rotatable bonds is 3. The van der Waals surface area contributed by atoms with Crippen molar-refractivity contribution in [1.29, 1.82) is 0 Å². The summed E-state index contributed by atoms with van der Waals surface area (Å²) in [4.78, 5) is 28.0. The predicted octanol–water partition coefficient (Wildman–Crippen LogP) is 2.18. The predicted molar refractivity (Wildman–Crippen MR) is 71.5 cm³/mol. The molecule has 0 unspecified atom stereocenters. The third-order valence-electron chi connectivity index (χ3n) is 2.35. The first kappa shape index (κ1) is 13.5. The standard InChI is InChI=1S/C12H11BrN4O2/c1-3-19-11(18)9-6-14-10(17-7(9)2)8-4-15-12(13)16-5-8/h4-6H,3H2,1-2H3. The van der Waals surface area contributed by atoms with Crippen molar-refractivity contribution < 1.29 is 9.53 Å². The molecule has 0 aliphatic heterocycles. The Hall–Kier alpha value is -1.89. The van der Waals surface area contributed by atoms with E-state index < -0.39 is 5.97 Å². The van der Waals surface area contributed by atoms with Gasteiger partial charge >= 0.3 is 5.97 Å². The maximum absolute atomic E-state index is 11.6. The number of hydrogen-bond donors (Lipinski definition) is 0. The lowest BCUT2D eigenvalue weighted by Crippen LogP contribution is -2.09. The SMILES string of the molecule is CCOC(=O)c1cnc(-c2cnc(Br)nc2)nc1C. The van der Waals surface area contributed by atoms with Gasteiger partial charge in [0, 0.05) is 18.6 Å². The number of esters is 1. The maximum atomic E-state index is 11.6. The lowest BCUT2D eigenvalue weighted by Gasteiger charge is -2.06. The van der Waals surface area contributed by atoms with Crippen LogP contribution in [0, 0.1) is 6.92 Å². The Balaban J connectivity index is 2.33. The quantitative estimate of drug-likeness (QED) is 0.636. The van der Waals surface area contributed by atoms with Crippen molar-refractivity contribution in [2.75, 3.05) is 6.61 Å². The molecule has 2 rings (SSSR count). The molecule has 0 aromatic carbocycles. The van der Waals surface area contributed by atoms with Crippen LogP contribution in [0.1, 0.15) is 23.0 Å². The summed E-state index contributed by atoms with van der Waals surface area (Å²) in [6.07, 6.45) is 4.67. The molecule has 0 aliphatic carbocycles. The van der Waals surface area contributed by atoms with Crippen LogP contribution < -0.4 is 0 Å². The fraction of sp³-hybridized carbons (Fsp3) is 0.250. The van der Waals surface area contributed by atoms with Crippen LogP contribution in [0.15, 0.2) is 23.3 Å². The minimum absolute atomic E-state index is 0.320. The molecule has 19 heavy (non-hydrogen) atoms. The molecule has 0 amide bonds. The summed E-state index contributed by atoms with van der Waals surface area (Å²) in [5.41, 5.74) is 1.61. The van der Waals surface area contributed by atoms with Crippen molar-refractivity contribution in [2.45, 2.75) is 13.8 Å². The Labute approximate surface area is 118 Å². The average Bonchev–Trinajstić information content (AvgIpc) is 2.39. The molecule has 2 heterocycles. The second-order valence-corrected chi connectivity index (χ2v) is 4.36. The normalized spacial score (nSPS) is 10.3. The van der Waals surface area contributed by atoms with E-state index in [1.165, 1.54) is 6.20 Å². The van der Waals surface area contributed by atoms with Crippen LogP contribution in [0.25, 0.3) is 11.4 Å². The number of aryl methyl sites for hydroxylation is 1. The Morgan fingerprint density at radius 1 is 1.26 bits per heavy atom. The molecule has 0 atom stereocenters. The molecule has 0 spiro atoms. The average molecular weight is 323 g/mol. The minimum atomic E-state index is -0.418. The van der Waals surface area contributed by atoms with Crippen LogP contribution in [-0.4, -0.2) is 32.5 Å². The van der Waals surface area contributed by atoms with E-state index in [1.807, 2.05) is 0 Å².